The van der Waals surface area contributed by atoms with Gasteiger partial charge in [0.05, 0.1) is 11.6 Å². The second-order valence-electron chi connectivity index (χ2n) is 14.2. The second-order valence-corrected chi connectivity index (χ2v) is 14.2. The van der Waals surface area contributed by atoms with Crippen LogP contribution in [0.4, 0.5) is 11.4 Å². The van der Waals surface area contributed by atoms with Gasteiger partial charge in [0, 0.05) is 22.4 Å². The van der Waals surface area contributed by atoms with Crippen molar-refractivity contribution in [3.05, 3.63) is 108 Å². The van der Waals surface area contributed by atoms with E-state index in [0.29, 0.717) is 0 Å². The lowest BCUT2D eigenvalue weighted by molar-refractivity contribution is 0.397. The Morgan fingerprint density at radius 3 is 1.65 bits per heavy atom. The fourth-order valence-corrected chi connectivity index (χ4v) is 8.17. The zero-order chi connectivity index (χ0) is 33.4. The molecule has 0 radical (unpaired) electrons. The number of fused-ring (bicyclic) bond motifs is 3. The molecular weight excluding hydrogens is 581 g/mol. The number of unbranched alkanes of at least 4 members (excludes halogenated alkanes) is 14. The van der Waals surface area contributed by atoms with Crippen LogP contribution in [0.2, 0.25) is 0 Å². The second kappa shape index (κ2) is 18.6. The molecule has 252 valence electrons. The Bertz CT molecular complexity index is 1570. The number of nitriles is 1. The maximum atomic E-state index is 10.1. The van der Waals surface area contributed by atoms with Crippen molar-refractivity contribution >= 4 is 11.4 Å². The van der Waals surface area contributed by atoms with Gasteiger partial charge < -0.3 is 5.32 Å². The molecule has 1 aliphatic carbocycles. The molecule has 0 heterocycles. The molecule has 0 spiro atoms. The van der Waals surface area contributed by atoms with E-state index in [1.807, 2.05) is 6.07 Å². The lowest BCUT2D eigenvalue weighted by Crippen LogP contribution is -2.26. The number of rotatable bonds is 21. The van der Waals surface area contributed by atoms with Crippen molar-refractivity contribution < 1.29 is 0 Å². The van der Waals surface area contributed by atoms with Gasteiger partial charge in [0.1, 0.15) is 0 Å². The number of para-hydroxylation sites is 2. The first-order valence-electron chi connectivity index (χ1n) is 19.3. The number of nitrogens with one attached hydrogen (secondary N) is 1. The molecule has 0 unspecified atom stereocenters. The quantitative estimate of drug-likeness (QED) is 0.0922. The largest absolute Gasteiger partial charge is 0.355 e. The molecule has 48 heavy (non-hydrogen) atoms. The summed E-state index contributed by atoms with van der Waals surface area (Å²) in [5.74, 6) is 0. The van der Waals surface area contributed by atoms with Crippen LogP contribution in [-0.2, 0) is 5.41 Å². The van der Waals surface area contributed by atoms with Gasteiger partial charge in [-0.05, 0) is 71.0 Å². The van der Waals surface area contributed by atoms with Gasteiger partial charge in [-0.25, -0.2) is 0 Å². The van der Waals surface area contributed by atoms with Crippen LogP contribution in [0.5, 0.6) is 0 Å². The summed E-state index contributed by atoms with van der Waals surface area (Å²) in [5.41, 5.74) is 11.1. The Balaban J connectivity index is 1.51. The van der Waals surface area contributed by atoms with Crippen LogP contribution in [0, 0.1) is 11.3 Å². The van der Waals surface area contributed by atoms with E-state index >= 15 is 0 Å². The first kappa shape index (κ1) is 35.5. The molecule has 0 saturated heterocycles. The summed E-state index contributed by atoms with van der Waals surface area (Å²) in [6, 6.07) is 35.3. The average Bonchev–Trinajstić information content (AvgIpc) is 3.40. The predicted molar refractivity (Wildman–Crippen MR) is 207 cm³/mol. The molecule has 0 saturated carbocycles. The smallest absolute Gasteiger partial charge is 0.0991 e. The molecule has 0 amide bonds. The first-order chi connectivity index (χ1) is 23.7. The Hall–Kier alpha value is -3.83. The van der Waals surface area contributed by atoms with Gasteiger partial charge in [-0.15, -0.1) is 0 Å². The van der Waals surface area contributed by atoms with Gasteiger partial charge in [0.15, 0.2) is 0 Å². The van der Waals surface area contributed by atoms with Crippen LogP contribution in [0.1, 0.15) is 146 Å². The van der Waals surface area contributed by atoms with Crippen LogP contribution in [0.3, 0.4) is 0 Å². The number of nitrogens with zero attached hydrogens (tertiary/aromatic N) is 1. The minimum Gasteiger partial charge on any atom is -0.355 e. The van der Waals surface area contributed by atoms with Crippen molar-refractivity contribution in [1.29, 1.82) is 5.26 Å². The molecule has 1 N–H and O–H groups in total. The van der Waals surface area contributed by atoms with E-state index in [2.05, 4.69) is 110 Å². The Morgan fingerprint density at radius 1 is 0.521 bits per heavy atom. The first-order valence-corrected chi connectivity index (χ1v) is 19.3. The average molecular weight is 639 g/mol. The van der Waals surface area contributed by atoms with Gasteiger partial charge in [0.2, 0.25) is 0 Å². The van der Waals surface area contributed by atoms with Crippen LogP contribution in [0.15, 0.2) is 91.0 Å². The fourth-order valence-electron chi connectivity index (χ4n) is 8.17. The third-order valence-corrected chi connectivity index (χ3v) is 10.7. The molecule has 0 atom stereocenters. The van der Waals surface area contributed by atoms with Gasteiger partial charge in [-0.3, -0.25) is 0 Å². The van der Waals surface area contributed by atoms with Crippen LogP contribution < -0.4 is 5.32 Å². The number of benzene rings is 4. The van der Waals surface area contributed by atoms with E-state index in [9.17, 15) is 5.26 Å². The van der Waals surface area contributed by atoms with Crippen molar-refractivity contribution in [2.24, 2.45) is 0 Å². The Kier molecular flexibility index (Phi) is 13.8. The highest BCUT2D eigenvalue weighted by Gasteiger charge is 2.44. The van der Waals surface area contributed by atoms with Crippen molar-refractivity contribution in [2.45, 2.75) is 135 Å². The van der Waals surface area contributed by atoms with Crippen LogP contribution in [0.25, 0.3) is 22.3 Å². The highest BCUT2D eigenvalue weighted by atomic mass is 14.9. The zero-order valence-electron chi connectivity index (χ0n) is 29.8. The summed E-state index contributed by atoms with van der Waals surface area (Å²) >= 11 is 0. The minimum atomic E-state index is -0.0988. The summed E-state index contributed by atoms with van der Waals surface area (Å²) in [4.78, 5) is 0. The molecule has 0 fully saturated rings. The van der Waals surface area contributed by atoms with E-state index in [1.165, 1.54) is 136 Å². The topological polar surface area (TPSA) is 35.8 Å². The normalized spacial score (nSPS) is 12.8. The van der Waals surface area contributed by atoms with Crippen molar-refractivity contribution in [2.75, 3.05) is 5.32 Å². The van der Waals surface area contributed by atoms with Crippen LogP contribution >= 0.6 is 0 Å². The Labute approximate surface area is 292 Å². The molecule has 0 aliphatic heterocycles. The van der Waals surface area contributed by atoms with Gasteiger partial charge >= 0.3 is 0 Å². The summed E-state index contributed by atoms with van der Waals surface area (Å²) < 4.78 is 0. The molecule has 2 heteroatoms. The number of anilines is 2. The van der Waals surface area contributed by atoms with Gasteiger partial charge in [-0.2, -0.15) is 5.26 Å². The van der Waals surface area contributed by atoms with E-state index in [1.54, 1.807) is 0 Å². The molecule has 4 aromatic rings. The minimum absolute atomic E-state index is 0.0988. The number of hydrogen-bond acceptors (Lipinski definition) is 2. The third-order valence-electron chi connectivity index (χ3n) is 10.7. The molecule has 0 bridgehead atoms. The molecule has 4 aromatic carbocycles. The Morgan fingerprint density at radius 2 is 1.04 bits per heavy atom. The van der Waals surface area contributed by atoms with Gasteiger partial charge in [-0.1, -0.05) is 177 Å². The van der Waals surface area contributed by atoms with Crippen LogP contribution in [-0.4, -0.2) is 0 Å². The zero-order valence-corrected chi connectivity index (χ0v) is 29.8. The summed E-state index contributed by atoms with van der Waals surface area (Å²) in [6.07, 6.45) is 23.4. The maximum absolute atomic E-state index is 10.1. The molecular formula is C46H58N2. The van der Waals surface area contributed by atoms with Crippen molar-refractivity contribution in [3.63, 3.8) is 0 Å². The number of hydrogen-bond donors (Lipinski definition) is 1. The standard InChI is InChI=1S/C46H58N2/c1-3-5-7-9-11-13-15-22-33-46(34-23-16-14-12-10-8-6-4-2)43-35-37(36-47)31-32-39(43)41-28-24-29-42(45(41)46)40-27-20-21-30-44(40)48-38-25-18-17-19-26-38/h17-21,24-32,35,48H,3-16,22-23,33-34H2,1-2H3. The third kappa shape index (κ3) is 8.79. The van der Waals surface area contributed by atoms with E-state index in [0.717, 1.165) is 29.8 Å². The summed E-state index contributed by atoms with van der Waals surface area (Å²) in [5, 5.41) is 13.8. The molecule has 5 rings (SSSR count). The lowest BCUT2D eigenvalue weighted by atomic mass is 9.68. The van der Waals surface area contributed by atoms with Crippen molar-refractivity contribution in [3.8, 4) is 28.3 Å². The SMILES string of the molecule is CCCCCCCCCCC1(CCCCCCCCCC)c2cc(C#N)ccc2-c2cccc(-c3ccccc3Nc3ccccc3)c21. The highest BCUT2D eigenvalue weighted by molar-refractivity contribution is 5.92. The maximum Gasteiger partial charge on any atom is 0.0991 e. The summed E-state index contributed by atoms with van der Waals surface area (Å²) in [7, 11) is 0. The lowest BCUT2D eigenvalue weighted by Gasteiger charge is -2.35. The summed E-state index contributed by atoms with van der Waals surface area (Å²) in [6.45, 7) is 4.59. The predicted octanol–water partition coefficient (Wildman–Crippen LogP) is 14.3. The monoisotopic (exact) mass is 638 g/mol. The van der Waals surface area contributed by atoms with E-state index < -0.39 is 0 Å². The molecule has 2 nitrogen and oxygen atoms in total. The molecule has 0 aromatic heterocycles. The van der Waals surface area contributed by atoms with Gasteiger partial charge in [0.25, 0.3) is 0 Å². The highest BCUT2D eigenvalue weighted by Crippen LogP contribution is 2.57. The van der Waals surface area contributed by atoms with E-state index in [4.69, 9.17) is 0 Å². The fraction of sp³-hybridized carbons (Fsp3) is 0.457. The van der Waals surface area contributed by atoms with Crippen molar-refractivity contribution in [1.82, 2.24) is 0 Å². The van der Waals surface area contributed by atoms with E-state index in [-0.39, 0.29) is 5.41 Å². The molecule has 1 aliphatic rings.